The van der Waals surface area contributed by atoms with Crippen LogP contribution in [0.15, 0.2) is 29.2 Å². The molecule has 9 heteroatoms. The summed E-state index contributed by atoms with van der Waals surface area (Å²) in [6, 6.07) is 4.22. The van der Waals surface area contributed by atoms with Crippen LogP contribution in [0.25, 0.3) is 0 Å². The predicted octanol–water partition coefficient (Wildman–Crippen LogP) is 3.32. The summed E-state index contributed by atoms with van der Waals surface area (Å²) in [5.74, 6) is -2.39. The van der Waals surface area contributed by atoms with Crippen LogP contribution in [-0.4, -0.2) is 36.7 Å². The number of hydrogen-bond acceptors (Lipinski definition) is 4. The van der Waals surface area contributed by atoms with Crippen LogP contribution in [0, 0.1) is 38.3 Å². The zero-order valence-corrected chi connectivity index (χ0v) is 17.3. The van der Waals surface area contributed by atoms with Gasteiger partial charge in [-0.2, -0.15) is 4.31 Å². The number of rotatable bonds is 4. The van der Waals surface area contributed by atoms with Gasteiger partial charge in [0.05, 0.1) is 11.4 Å². The number of nitrogens with zero attached hydrogens (tertiary/aromatic N) is 2. The number of pyridine rings is 1. The molecule has 0 radical (unpaired) electrons. The van der Waals surface area contributed by atoms with E-state index in [4.69, 9.17) is 0 Å². The maximum Gasteiger partial charge on any atom is 0.246 e. The lowest BCUT2D eigenvalue weighted by Gasteiger charge is -2.30. The van der Waals surface area contributed by atoms with E-state index in [0.29, 0.717) is 24.6 Å². The van der Waals surface area contributed by atoms with Gasteiger partial charge in [0.2, 0.25) is 15.9 Å². The number of benzene rings is 1. The maximum atomic E-state index is 13.9. The highest BCUT2D eigenvalue weighted by Crippen LogP contribution is 2.27. The summed E-state index contributed by atoms with van der Waals surface area (Å²) in [7, 11) is -4.16. The summed E-state index contributed by atoms with van der Waals surface area (Å²) in [6.45, 7) is 5.70. The molecule has 1 saturated heterocycles. The standard InChI is InChI=1S/C20H23F2N3O3S/c1-12-10-13(2)23-14(3)19(12)24-20(26)15-6-8-25(9-7-15)29(27,28)18-11-16(21)4-5-17(18)22/h4-5,10-11,15H,6-9H2,1-3H3,(H,24,26). The van der Waals surface area contributed by atoms with Gasteiger partial charge in [0.1, 0.15) is 16.5 Å². The Morgan fingerprint density at radius 3 is 2.41 bits per heavy atom. The molecule has 0 aliphatic carbocycles. The second kappa shape index (κ2) is 8.16. The van der Waals surface area contributed by atoms with Gasteiger partial charge in [-0.25, -0.2) is 17.2 Å². The van der Waals surface area contributed by atoms with Crippen LogP contribution in [0.4, 0.5) is 14.5 Å². The summed E-state index contributed by atoms with van der Waals surface area (Å²) in [5.41, 5.74) is 3.15. The minimum atomic E-state index is -4.16. The number of sulfonamides is 1. The predicted molar refractivity (Wildman–Crippen MR) is 105 cm³/mol. The molecule has 0 atom stereocenters. The number of aromatic nitrogens is 1. The molecule has 1 aromatic carbocycles. The van der Waals surface area contributed by atoms with Crippen molar-refractivity contribution in [2.75, 3.05) is 18.4 Å². The minimum Gasteiger partial charge on any atom is -0.324 e. The molecule has 3 rings (SSSR count). The fourth-order valence-corrected chi connectivity index (χ4v) is 5.16. The van der Waals surface area contributed by atoms with Crippen molar-refractivity contribution in [1.29, 1.82) is 0 Å². The van der Waals surface area contributed by atoms with Crippen molar-refractivity contribution in [2.24, 2.45) is 5.92 Å². The number of carbonyl (C=O) groups is 1. The van der Waals surface area contributed by atoms with E-state index < -0.39 is 26.6 Å². The van der Waals surface area contributed by atoms with Gasteiger partial charge in [-0.1, -0.05) is 0 Å². The van der Waals surface area contributed by atoms with Gasteiger partial charge in [0.25, 0.3) is 0 Å². The molecular formula is C20H23F2N3O3S. The summed E-state index contributed by atoms with van der Waals surface area (Å²) in [6.07, 6.45) is 0.582. The largest absolute Gasteiger partial charge is 0.324 e. The van der Waals surface area contributed by atoms with Gasteiger partial charge in [-0.15, -0.1) is 0 Å². The maximum absolute atomic E-state index is 13.9. The number of nitrogens with one attached hydrogen (secondary N) is 1. The average Bonchev–Trinajstić information content (AvgIpc) is 2.66. The van der Waals surface area contributed by atoms with E-state index in [1.807, 2.05) is 26.8 Å². The van der Waals surface area contributed by atoms with Crippen LogP contribution >= 0.6 is 0 Å². The number of anilines is 1. The Bertz CT molecular complexity index is 1030. The van der Waals surface area contributed by atoms with Crippen molar-refractivity contribution in [1.82, 2.24) is 9.29 Å². The zero-order chi connectivity index (χ0) is 21.3. The molecule has 1 amide bonds. The molecule has 0 spiro atoms. The number of halogens is 2. The lowest BCUT2D eigenvalue weighted by Crippen LogP contribution is -2.41. The topological polar surface area (TPSA) is 79.4 Å². The molecule has 2 heterocycles. The van der Waals surface area contributed by atoms with Crippen LogP contribution in [0.5, 0.6) is 0 Å². The summed E-state index contributed by atoms with van der Waals surface area (Å²) < 4.78 is 53.7. The van der Waals surface area contributed by atoms with Gasteiger partial charge >= 0.3 is 0 Å². The average molecular weight is 423 g/mol. The molecule has 1 aromatic heterocycles. The fraction of sp³-hybridized carbons (Fsp3) is 0.400. The van der Waals surface area contributed by atoms with Crippen molar-refractivity contribution < 1.29 is 22.0 Å². The van der Waals surface area contributed by atoms with E-state index in [0.717, 1.165) is 33.4 Å². The van der Waals surface area contributed by atoms with Crippen molar-refractivity contribution in [3.05, 3.63) is 52.9 Å². The van der Waals surface area contributed by atoms with Crippen LogP contribution in [-0.2, 0) is 14.8 Å². The smallest absolute Gasteiger partial charge is 0.246 e. The van der Waals surface area contributed by atoms with Gasteiger partial charge in [0.15, 0.2) is 0 Å². The Labute approximate surface area is 169 Å². The minimum absolute atomic E-state index is 0.0560. The lowest BCUT2D eigenvalue weighted by atomic mass is 9.97. The first-order valence-corrected chi connectivity index (χ1v) is 10.7. The molecule has 0 saturated carbocycles. The van der Waals surface area contributed by atoms with E-state index in [1.54, 1.807) is 0 Å². The van der Waals surface area contributed by atoms with Crippen molar-refractivity contribution in [3.8, 4) is 0 Å². The van der Waals surface area contributed by atoms with Crippen molar-refractivity contribution in [3.63, 3.8) is 0 Å². The molecule has 1 aliphatic heterocycles. The summed E-state index contributed by atoms with van der Waals surface area (Å²) in [5, 5.41) is 2.90. The first-order valence-electron chi connectivity index (χ1n) is 9.30. The van der Waals surface area contributed by atoms with Crippen LogP contribution in [0.2, 0.25) is 0 Å². The molecule has 156 valence electrons. The zero-order valence-electron chi connectivity index (χ0n) is 16.5. The Kier molecular flexibility index (Phi) is 6.00. The normalized spacial score (nSPS) is 16.0. The molecule has 0 bridgehead atoms. The molecule has 1 aliphatic rings. The number of amides is 1. The monoisotopic (exact) mass is 423 g/mol. The molecule has 2 aromatic rings. The molecule has 0 unspecified atom stereocenters. The number of piperidine rings is 1. The van der Waals surface area contributed by atoms with Gasteiger partial charge in [-0.3, -0.25) is 9.78 Å². The summed E-state index contributed by atoms with van der Waals surface area (Å²) >= 11 is 0. The van der Waals surface area contributed by atoms with E-state index in [2.05, 4.69) is 10.3 Å². The second-order valence-electron chi connectivity index (χ2n) is 7.28. The second-order valence-corrected chi connectivity index (χ2v) is 9.19. The Balaban J connectivity index is 1.69. The van der Waals surface area contributed by atoms with Gasteiger partial charge in [0, 0.05) is 24.7 Å². The summed E-state index contributed by atoms with van der Waals surface area (Å²) in [4.78, 5) is 16.3. The molecule has 1 N–H and O–H groups in total. The molecular weight excluding hydrogens is 400 g/mol. The van der Waals surface area contributed by atoms with E-state index in [9.17, 15) is 22.0 Å². The highest BCUT2D eigenvalue weighted by molar-refractivity contribution is 7.89. The highest BCUT2D eigenvalue weighted by Gasteiger charge is 2.34. The first-order chi connectivity index (χ1) is 13.6. The third kappa shape index (κ3) is 4.45. The van der Waals surface area contributed by atoms with Crippen LogP contribution < -0.4 is 5.32 Å². The van der Waals surface area contributed by atoms with E-state index in [-0.39, 0.29) is 24.9 Å². The SMILES string of the molecule is Cc1cc(C)c(NC(=O)C2CCN(S(=O)(=O)c3cc(F)ccc3F)CC2)c(C)n1. The van der Waals surface area contributed by atoms with Crippen molar-refractivity contribution >= 4 is 21.6 Å². The Hall–Kier alpha value is -2.39. The molecule has 1 fully saturated rings. The van der Waals surface area contributed by atoms with Gasteiger partial charge < -0.3 is 5.32 Å². The van der Waals surface area contributed by atoms with Crippen LogP contribution in [0.3, 0.4) is 0 Å². The third-order valence-corrected chi connectivity index (χ3v) is 7.02. The first kappa shape index (κ1) is 21.3. The van der Waals surface area contributed by atoms with Gasteiger partial charge in [-0.05, 0) is 63.4 Å². The van der Waals surface area contributed by atoms with E-state index >= 15 is 0 Å². The molecule has 29 heavy (non-hydrogen) atoms. The van der Waals surface area contributed by atoms with Crippen LogP contribution in [0.1, 0.15) is 29.8 Å². The highest BCUT2D eigenvalue weighted by atomic mass is 32.2. The number of aryl methyl sites for hydroxylation is 3. The quantitative estimate of drug-likeness (QED) is 0.818. The third-order valence-electron chi connectivity index (χ3n) is 5.11. The molecule has 6 nitrogen and oxygen atoms in total. The lowest BCUT2D eigenvalue weighted by molar-refractivity contribution is -0.120. The Morgan fingerprint density at radius 1 is 1.14 bits per heavy atom. The Morgan fingerprint density at radius 2 is 1.79 bits per heavy atom. The van der Waals surface area contributed by atoms with Crippen molar-refractivity contribution in [2.45, 2.75) is 38.5 Å². The fourth-order valence-electron chi connectivity index (χ4n) is 3.61. The number of hydrogen-bond donors (Lipinski definition) is 1. The number of carbonyl (C=O) groups excluding carboxylic acids is 1. The van der Waals surface area contributed by atoms with E-state index in [1.165, 1.54) is 0 Å².